The molecule has 0 unspecified atom stereocenters. The summed E-state index contributed by atoms with van der Waals surface area (Å²) < 4.78 is 0. The summed E-state index contributed by atoms with van der Waals surface area (Å²) in [6.07, 6.45) is 0. The number of nitrogens with zero attached hydrogens (tertiary/aromatic N) is 1. The number of carboxylic acid groups (broad SMARTS) is 1. The zero-order chi connectivity index (χ0) is 10.1. The summed E-state index contributed by atoms with van der Waals surface area (Å²) in [5.74, 6) is -0.547. The second kappa shape index (κ2) is 4.29. The number of hydrogen-bond donors (Lipinski definition) is 3. The van der Waals surface area contributed by atoms with Crippen LogP contribution < -0.4 is 12.4 Å². The first-order valence-electron chi connectivity index (χ1n) is 4.03. The molecular formula is C9H8ClN2O3-. The highest BCUT2D eigenvalue weighted by atomic mass is 35.5. The lowest BCUT2D eigenvalue weighted by molar-refractivity contribution is -0.0000193. The Kier molecular flexibility index (Phi) is 3.28. The highest BCUT2D eigenvalue weighted by Crippen LogP contribution is 2.13. The fraction of sp³-hybridized carbons (Fsp3) is 0.111. The molecule has 0 amide bonds. The topological polar surface area (TPSA) is 86.2 Å². The van der Waals surface area contributed by atoms with Gasteiger partial charge < -0.3 is 27.6 Å². The van der Waals surface area contributed by atoms with Crippen LogP contribution in [0.25, 0.3) is 11.0 Å². The Morgan fingerprint density at radius 3 is 2.80 bits per heavy atom. The predicted molar refractivity (Wildman–Crippen MR) is 49.0 cm³/mol. The molecule has 6 heteroatoms. The first kappa shape index (κ1) is 11.5. The van der Waals surface area contributed by atoms with Crippen molar-refractivity contribution in [3.05, 3.63) is 29.6 Å². The molecule has 1 aromatic heterocycles. The Labute approximate surface area is 91.2 Å². The summed E-state index contributed by atoms with van der Waals surface area (Å²) in [6.45, 7) is -0.183. The van der Waals surface area contributed by atoms with Gasteiger partial charge in [0.05, 0.1) is 16.6 Å². The smallest absolute Gasteiger partial charge is 0.335 e. The number of imidazole rings is 1. The van der Waals surface area contributed by atoms with Crippen molar-refractivity contribution >= 4 is 17.0 Å². The SMILES string of the molecule is O=C(O)c1ccc2nc(CO)[nH]c2c1.[Cl-]. The van der Waals surface area contributed by atoms with Crippen molar-refractivity contribution in [2.24, 2.45) is 0 Å². The van der Waals surface area contributed by atoms with Gasteiger partial charge in [0.1, 0.15) is 12.4 Å². The van der Waals surface area contributed by atoms with Gasteiger partial charge in [0.2, 0.25) is 0 Å². The lowest BCUT2D eigenvalue weighted by Crippen LogP contribution is -3.00. The number of nitrogens with one attached hydrogen (secondary N) is 1. The summed E-state index contributed by atoms with van der Waals surface area (Å²) in [6, 6.07) is 4.57. The quantitative estimate of drug-likeness (QED) is 0.542. The van der Waals surface area contributed by atoms with E-state index in [4.69, 9.17) is 10.2 Å². The lowest BCUT2D eigenvalue weighted by Gasteiger charge is -1.92. The van der Waals surface area contributed by atoms with Crippen molar-refractivity contribution in [3.63, 3.8) is 0 Å². The number of fused-ring (bicyclic) bond motifs is 1. The number of aromatic amines is 1. The van der Waals surface area contributed by atoms with Crippen molar-refractivity contribution in [1.29, 1.82) is 0 Å². The molecule has 0 fully saturated rings. The molecule has 15 heavy (non-hydrogen) atoms. The normalized spacial score (nSPS) is 9.93. The summed E-state index contributed by atoms with van der Waals surface area (Å²) in [7, 11) is 0. The molecule has 0 bridgehead atoms. The van der Waals surface area contributed by atoms with Crippen LogP contribution in [0.1, 0.15) is 16.2 Å². The van der Waals surface area contributed by atoms with Crippen LogP contribution >= 0.6 is 0 Å². The zero-order valence-electron chi connectivity index (χ0n) is 7.57. The molecule has 0 saturated carbocycles. The molecule has 0 saturated heterocycles. The molecule has 0 aliphatic carbocycles. The maximum Gasteiger partial charge on any atom is 0.335 e. The molecule has 0 spiro atoms. The third-order valence-electron chi connectivity index (χ3n) is 1.93. The summed E-state index contributed by atoms with van der Waals surface area (Å²) in [4.78, 5) is 17.5. The van der Waals surface area contributed by atoms with Gasteiger partial charge in [-0.2, -0.15) is 0 Å². The molecule has 0 radical (unpaired) electrons. The number of carboxylic acids is 1. The fourth-order valence-electron chi connectivity index (χ4n) is 1.27. The molecule has 2 rings (SSSR count). The Hall–Kier alpha value is -1.59. The van der Waals surface area contributed by atoms with E-state index in [9.17, 15) is 4.79 Å². The van der Waals surface area contributed by atoms with E-state index in [-0.39, 0.29) is 24.6 Å². The number of rotatable bonds is 2. The Bertz CT molecular complexity index is 495. The average Bonchev–Trinajstić information content (AvgIpc) is 2.58. The number of aliphatic hydroxyl groups excluding tert-OH is 1. The maximum absolute atomic E-state index is 10.6. The molecule has 5 nitrogen and oxygen atoms in total. The van der Waals surface area contributed by atoms with Crippen LogP contribution in [0.4, 0.5) is 0 Å². The van der Waals surface area contributed by atoms with E-state index in [1.807, 2.05) is 0 Å². The van der Waals surface area contributed by atoms with Crippen LogP contribution in [0.5, 0.6) is 0 Å². The van der Waals surface area contributed by atoms with E-state index in [1.165, 1.54) is 12.1 Å². The molecular weight excluding hydrogens is 220 g/mol. The average molecular weight is 228 g/mol. The van der Waals surface area contributed by atoms with Crippen LogP contribution in [-0.4, -0.2) is 26.2 Å². The van der Waals surface area contributed by atoms with Gasteiger partial charge in [0, 0.05) is 0 Å². The van der Waals surface area contributed by atoms with E-state index < -0.39 is 5.97 Å². The minimum atomic E-state index is -0.980. The standard InChI is InChI=1S/C9H8N2O3.ClH/c12-4-8-10-6-2-1-5(9(13)14)3-7(6)11-8;/h1-3,12H,4H2,(H,10,11)(H,13,14);1H/p-1. The molecule has 3 N–H and O–H groups in total. The monoisotopic (exact) mass is 227 g/mol. The van der Waals surface area contributed by atoms with E-state index in [2.05, 4.69) is 9.97 Å². The van der Waals surface area contributed by atoms with E-state index in [1.54, 1.807) is 6.07 Å². The first-order chi connectivity index (χ1) is 6.70. The van der Waals surface area contributed by atoms with Crippen molar-refractivity contribution in [2.45, 2.75) is 6.61 Å². The third kappa shape index (κ3) is 2.08. The third-order valence-corrected chi connectivity index (χ3v) is 1.93. The number of H-pyrrole nitrogens is 1. The number of halogens is 1. The van der Waals surface area contributed by atoms with Gasteiger partial charge in [0.15, 0.2) is 0 Å². The number of benzene rings is 1. The van der Waals surface area contributed by atoms with Gasteiger partial charge in [-0.25, -0.2) is 9.78 Å². The lowest BCUT2D eigenvalue weighted by atomic mass is 10.2. The van der Waals surface area contributed by atoms with E-state index in [0.717, 1.165) is 0 Å². The molecule has 80 valence electrons. The molecule has 1 aromatic carbocycles. The fourth-order valence-corrected chi connectivity index (χ4v) is 1.27. The molecule has 0 atom stereocenters. The van der Waals surface area contributed by atoms with Gasteiger partial charge in [-0.15, -0.1) is 0 Å². The Morgan fingerprint density at radius 2 is 2.20 bits per heavy atom. The van der Waals surface area contributed by atoms with Gasteiger partial charge >= 0.3 is 5.97 Å². The van der Waals surface area contributed by atoms with Gasteiger partial charge in [-0.05, 0) is 18.2 Å². The first-order valence-corrected chi connectivity index (χ1v) is 4.03. The van der Waals surface area contributed by atoms with Crippen LogP contribution in [-0.2, 0) is 6.61 Å². The van der Waals surface area contributed by atoms with Crippen molar-refractivity contribution in [3.8, 4) is 0 Å². The van der Waals surface area contributed by atoms with Gasteiger partial charge in [-0.3, -0.25) is 0 Å². The Morgan fingerprint density at radius 1 is 1.47 bits per heavy atom. The second-order valence-corrected chi connectivity index (χ2v) is 2.88. The number of aromatic carboxylic acids is 1. The summed E-state index contributed by atoms with van der Waals surface area (Å²) in [5.41, 5.74) is 1.47. The Balaban J connectivity index is 0.00000112. The van der Waals surface area contributed by atoms with Crippen molar-refractivity contribution < 1.29 is 27.4 Å². The zero-order valence-corrected chi connectivity index (χ0v) is 8.32. The summed E-state index contributed by atoms with van der Waals surface area (Å²) >= 11 is 0. The molecule has 1 heterocycles. The molecule has 0 aliphatic rings. The largest absolute Gasteiger partial charge is 1.00 e. The maximum atomic E-state index is 10.6. The molecule has 2 aromatic rings. The number of hydrogen-bond acceptors (Lipinski definition) is 3. The van der Waals surface area contributed by atoms with E-state index in [0.29, 0.717) is 16.9 Å². The van der Waals surface area contributed by atoms with Crippen LogP contribution in [0.3, 0.4) is 0 Å². The van der Waals surface area contributed by atoms with Crippen LogP contribution in [0.15, 0.2) is 18.2 Å². The minimum Gasteiger partial charge on any atom is -1.00 e. The van der Waals surface area contributed by atoms with Crippen molar-refractivity contribution in [1.82, 2.24) is 9.97 Å². The number of aliphatic hydroxyl groups is 1. The minimum absolute atomic E-state index is 0. The predicted octanol–water partition coefficient (Wildman–Crippen LogP) is -2.24. The number of aromatic nitrogens is 2. The van der Waals surface area contributed by atoms with E-state index >= 15 is 0 Å². The second-order valence-electron chi connectivity index (χ2n) is 2.88. The molecule has 0 aliphatic heterocycles. The number of carbonyl (C=O) groups is 1. The van der Waals surface area contributed by atoms with Crippen molar-refractivity contribution in [2.75, 3.05) is 0 Å². The summed E-state index contributed by atoms with van der Waals surface area (Å²) in [5, 5.41) is 17.5. The van der Waals surface area contributed by atoms with Gasteiger partial charge in [-0.1, -0.05) is 0 Å². The van der Waals surface area contributed by atoms with Crippen LogP contribution in [0, 0.1) is 0 Å². The van der Waals surface area contributed by atoms with Crippen LogP contribution in [0.2, 0.25) is 0 Å². The van der Waals surface area contributed by atoms with Gasteiger partial charge in [0.25, 0.3) is 0 Å². The highest BCUT2D eigenvalue weighted by Gasteiger charge is 2.06. The highest BCUT2D eigenvalue weighted by molar-refractivity contribution is 5.92.